The van der Waals surface area contributed by atoms with Crippen LogP contribution in [-0.2, 0) is 9.53 Å². The zero-order valence-electron chi connectivity index (χ0n) is 9.24. The molecule has 17 heavy (non-hydrogen) atoms. The van der Waals surface area contributed by atoms with E-state index in [1.165, 1.54) is 26.4 Å². The molecule has 1 unspecified atom stereocenters. The van der Waals surface area contributed by atoms with Gasteiger partial charge >= 0.3 is 5.97 Å². The van der Waals surface area contributed by atoms with Crippen molar-refractivity contribution in [2.45, 2.75) is 6.04 Å². The van der Waals surface area contributed by atoms with Crippen molar-refractivity contribution in [2.75, 3.05) is 14.2 Å². The molecule has 1 aromatic heterocycles. The maximum atomic E-state index is 11.9. The standard InChI is InChI=1S/C10H11BrN2O4/c1-12-7(10(16)17-2)8(14)5-3-6(11)9(15)13-4-5/h3-4,7,12H,1-2H3,(H,13,15). The van der Waals surface area contributed by atoms with Crippen LogP contribution in [-0.4, -0.2) is 36.9 Å². The molecular formula is C10H11BrN2O4. The first-order chi connectivity index (χ1) is 8.01. The minimum Gasteiger partial charge on any atom is -0.468 e. The molecule has 1 rings (SSSR count). The van der Waals surface area contributed by atoms with Gasteiger partial charge in [0.05, 0.1) is 11.6 Å². The predicted octanol–water partition coefficient (Wildman–Crippen LogP) is 0.0811. The lowest BCUT2D eigenvalue weighted by Crippen LogP contribution is -2.42. The van der Waals surface area contributed by atoms with E-state index in [0.29, 0.717) is 0 Å². The Morgan fingerprint density at radius 2 is 2.18 bits per heavy atom. The molecule has 1 aromatic rings. The van der Waals surface area contributed by atoms with Crippen LogP contribution in [0.1, 0.15) is 10.4 Å². The fourth-order valence-corrected chi connectivity index (χ4v) is 1.60. The minimum absolute atomic E-state index is 0.209. The zero-order valence-corrected chi connectivity index (χ0v) is 10.8. The molecule has 0 radical (unpaired) electrons. The molecule has 0 amide bonds. The van der Waals surface area contributed by atoms with Gasteiger partial charge in [-0.15, -0.1) is 0 Å². The number of ether oxygens (including phenoxy) is 1. The Balaban J connectivity index is 3.06. The summed E-state index contributed by atoms with van der Waals surface area (Å²) in [5.74, 6) is -1.16. The third kappa shape index (κ3) is 3.01. The van der Waals surface area contributed by atoms with Crippen LogP contribution in [0.3, 0.4) is 0 Å². The molecule has 0 aromatic carbocycles. The number of aromatic amines is 1. The normalized spacial score (nSPS) is 11.9. The van der Waals surface area contributed by atoms with E-state index in [1.54, 1.807) is 0 Å². The van der Waals surface area contributed by atoms with E-state index in [4.69, 9.17) is 0 Å². The van der Waals surface area contributed by atoms with E-state index >= 15 is 0 Å². The lowest BCUT2D eigenvalue weighted by Gasteiger charge is -2.12. The average Bonchev–Trinajstić information content (AvgIpc) is 2.33. The number of pyridine rings is 1. The van der Waals surface area contributed by atoms with Gasteiger partial charge < -0.3 is 15.0 Å². The van der Waals surface area contributed by atoms with Crippen LogP contribution in [0.2, 0.25) is 0 Å². The van der Waals surface area contributed by atoms with Crippen LogP contribution >= 0.6 is 15.9 Å². The van der Waals surface area contributed by atoms with E-state index in [9.17, 15) is 14.4 Å². The summed E-state index contributed by atoms with van der Waals surface area (Å²) in [6, 6.07) is 0.270. The SMILES string of the molecule is CNC(C(=O)OC)C(=O)c1c[nH]c(=O)c(Br)c1. The Labute approximate surface area is 105 Å². The van der Waals surface area contributed by atoms with Gasteiger partial charge in [-0.3, -0.25) is 9.59 Å². The van der Waals surface area contributed by atoms with Gasteiger partial charge in [0.15, 0.2) is 11.8 Å². The first-order valence-electron chi connectivity index (χ1n) is 4.68. The number of H-pyrrole nitrogens is 1. The van der Waals surface area contributed by atoms with Crippen LogP contribution < -0.4 is 10.9 Å². The van der Waals surface area contributed by atoms with Crippen molar-refractivity contribution in [1.29, 1.82) is 0 Å². The quantitative estimate of drug-likeness (QED) is 0.467. The highest BCUT2D eigenvalue weighted by Gasteiger charge is 2.27. The molecule has 0 aliphatic heterocycles. The fraction of sp³-hybridized carbons (Fsp3) is 0.300. The number of nitrogens with one attached hydrogen (secondary N) is 2. The number of aromatic nitrogens is 1. The van der Waals surface area contributed by atoms with Crippen LogP contribution in [0.5, 0.6) is 0 Å². The molecular weight excluding hydrogens is 292 g/mol. The molecule has 0 bridgehead atoms. The van der Waals surface area contributed by atoms with Gasteiger partial charge in [-0.2, -0.15) is 0 Å². The molecule has 1 atom stereocenters. The second-order valence-electron chi connectivity index (χ2n) is 3.17. The van der Waals surface area contributed by atoms with Gasteiger partial charge in [-0.05, 0) is 29.0 Å². The van der Waals surface area contributed by atoms with Crippen molar-refractivity contribution in [2.24, 2.45) is 0 Å². The van der Waals surface area contributed by atoms with Crippen LogP contribution in [0.4, 0.5) is 0 Å². The number of rotatable bonds is 4. The van der Waals surface area contributed by atoms with Crippen molar-refractivity contribution in [1.82, 2.24) is 10.3 Å². The maximum absolute atomic E-state index is 11.9. The van der Waals surface area contributed by atoms with Crippen LogP contribution in [0.15, 0.2) is 21.5 Å². The number of ketones is 1. The lowest BCUT2D eigenvalue weighted by molar-refractivity contribution is -0.141. The first kappa shape index (κ1) is 13.6. The van der Waals surface area contributed by atoms with Gasteiger partial charge in [-0.25, -0.2) is 4.79 Å². The van der Waals surface area contributed by atoms with Crippen molar-refractivity contribution in [3.8, 4) is 0 Å². The third-order valence-corrected chi connectivity index (χ3v) is 2.72. The van der Waals surface area contributed by atoms with Crippen molar-refractivity contribution < 1.29 is 14.3 Å². The summed E-state index contributed by atoms with van der Waals surface area (Å²) in [5.41, 5.74) is -0.137. The summed E-state index contributed by atoms with van der Waals surface area (Å²) < 4.78 is 4.72. The molecule has 7 heteroatoms. The maximum Gasteiger partial charge on any atom is 0.331 e. The second kappa shape index (κ2) is 5.74. The predicted molar refractivity (Wildman–Crippen MR) is 64.0 cm³/mol. The summed E-state index contributed by atoms with van der Waals surface area (Å²) in [6.45, 7) is 0. The van der Waals surface area contributed by atoms with Gasteiger partial charge in [0.25, 0.3) is 5.56 Å². The van der Waals surface area contributed by atoms with Gasteiger partial charge in [0.2, 0.25) is 0 Å². The van der Waals surface area contributed by atoms with Gasteiger partial charge in [0, 0.05) is 11.8 Å². The molecule has 92 valence electrons. The topological polar surface area (TPSA) is 88.3 Å². The number of halogens is 1. The summed E-state index contributed by atoms with van der Waals surface area (Å²) in [4.78, 5) is 36.7. The Kier molecular flexibility index (Phi) is 4.59. The molecule has 2 N–H and O–H groups in total. The average molecular weight is 303 g/mol. The highest BCUT2D eigenvalue weighted by Crippen LogP contribution is 2.08. The monoisotopic (exact) mass is 302 g/mol. The smallest absolute Gasteiger partial charge is 0.331 e. The van der Waals surface area contributed by atoms with Gasteiger partial charge in [-0.1, -0.05) is 0 Å². The van der Waals surface area contributed by atoms with Gasteiger partial charge in [0.1, 0.15) is 0 Å². The third-order valence-electron chi connectivity index (χ3n) is 2.13. The largest absolute Gasteiger partial charge is 0.468 e. The summed E-state index contributed by atoms with van der Waals surface area (Å²) in [7, 11) is 2.67. The number of hydrogen-bond donors (Lipinski definition) is 2. The molecule has 0 fully saturated rings. The fourth-order valence-electron chi connectivity index (χ4n) is 1.24. The highest BCUT2D eigenvalue weighted by molar-refractivity contribution is 9.10. The molecule has 0 aliphatic rings. The molecule has 0 spiro atoms. The van der Waals surface area contributed by atoms with Crippen molar-refractivity contribution in [3.63, 3.8) is 0 Å². The highest BCUT2D eigenvalue weighted by atomic mass is 79.9. The van der Waals surface area contributed by atoms with E-state index in [0.717, 1.165) is 0 Å². The number of Topliss-reactive ketones (excluding diaryl/α,β-unsaturated/α-hetero) is 1. The molecule has 1 heterocycles. The molecule has 0 saturated heterocycles. The summed E-state index contributed by atoms with van der Waals surface area (Å²) in [6.07, 6.45) is 1.25. The number of methoxy groups -OCH3 is 1. The van der Waals surface area contributed by atoms with Crippen molar-refractivity contribution >= 4 is 27.7 Å². The van der Waals surface area contributed by atoms with E-state index in [-0.39, 0.29) is 15.6 Å². The second-order valence-corrected chi connectivity index (χ2v) is 4.03. The lowest BCUT2D eigenvalue weighted by atomic mass is 10.1. The van der Waals surface area contributed by atoms with E-state index in [1.807, 2.05) is 0 Å². The summed E-state index contributed by atoms with van der Waals surface area (Å²) >= 11 is 3.01. The molecule has 0 aliphatic carbocycles. The van der Waals surface area contributed by atoms with E-state index < -0.39 is 17.8 Å². The number of likely N-dealkylation sites (N-methyl/N-ethyl adjacent to an activating group) is 1. The summed E-state index contributed by atoms with van der Waals surface area (Å²) in [5, 5.41) is 2.55. The first-order valence-corrected chi connectivity index (χ1v) is 5.48. The zero-order chi connectivity index (χ0) is 13.0. The van der Waals surface area contributed by atoms with Crippen molar-refractivity contribution in [3.05, 3.63) is 32.7 Å². The number of hydrogen-bond acceptors (Lipinski definition) is 5. The Morgan fingerprint density at radius 1 is 1.53 bits per heavy atom. The number of carbonyl (C=O) groups is 2. The molecule has 6 nitrogen and oxygen atoms in total. The molecule has 0 saturated carbocycles. The number of esters is 1. The van der Waals surface area contributed by atoms with Crippen LogP contribution in [0, 0.1) is 0 Å². The Bertz CT molecular complexity index is 497. The van der Waals surface area contributed by atoms with E-state index in [2.05, 4.69) is 31.0 Å². The Hall–Kier alpha value is -1.47. The minimum atomic E-state index is -1.09. The Morgan fingerprint density at radius 3 is 2.65 bits per heavy atom. The number of carbonyl (C=O) groups excluding carboxylic acids is 2. The van der Waals surface area contributed by atoms with Crippen LogP contribution in [0.25, 0.3) is 0 Å².